The number of hydrogen-bond acceptors (Lipinski definition) is 3. The summed E-state index contributed by atoms with van der Waals surface area (Å²) < 4.78 is 10.9. The van der Waals surface area contributed by atoms with E-state index >= 15 is 0 Å². The minimum absolute atomic E-state index is 0.529. The lowest BCUT2D eigenvalue weighted by molar-refractivity contribution is 0.101. The van der Waals surface area contributed by atoms with E-state index in [9.17, 15) is 0 Å². The van der Waals surface area contributed by atoms with Gasteiger partial charge in [-0.25, -0.2) is 0 Å². The molecule has 2 rings (SSSR count). The summed E-state index contributed by atoms with van der Waals surface area (Å²) in [5.41, 5.74) is 1.40. The topological polar surface area (TPSA) is 30.5 Å². The van der Waals surface area contributed by atoms with Crippen LogP contribution in [0.15, 0.2) is 24.3 Å². The molecule has 21 heavy (non-hydrogen) atoms. The smallest absolute Gasteiger partial charge is 0.118 e. The summed E-state index contributed by atoms with van der Waals surface area (Å²) in [5, 5.41) is 3.33. The molecule has 3 heteroatoms. The average Bonchev–Trinajstić information content (AvgIpc) is 3.01. The number of nitrogens with one attached hydrogen (secondary N) is 1. The zero-order valence-corrected chi connectivity index (χ0v) is 13.4. The number of hydrogen-bond donors (Lipinski definition) is 1. The maximum atomic E-state index is 5.71. The van der Waals surface area contributed by atoms with Crippen LogP contribution in [0.4, 0.5) is 0 Å². The zero-order chi connectivity index (χ0) is 14.9. The Balaban J connectivity index is 1.76. The number of benzene rings is 1. The van der Waals surface area contributed by atoms with Crippen LogP contribution in [-0.4, -0.2) is 33.4 Å². The van der Waals surface area contributed by atoms with Gasteiger partial charge in [0, 0.05) is 6.61 Å². The van der Waals surface area contributed by atoms with Crippen LogP contribution < -0.4 is 10.1 Å². The van der Waals surface area contributed by atoms with E-state index in [1.54, 1.807) is 7.11 Å². The summed E-state index contributed by atoms with van der Waals surface area (Å²) >= 11 is 0. The summed E-state index contributed by atoms with van der Waals surface area (Å²) in [4.78, 5) is 0. The highest BCUT2D eigenvalue weighted by molar-refractivity contribution is 5.27. The molecule has 0 amide bonds. The van der Waals surface area contributed by atoms with Crippen molar-refractivity contribution in [1.29, 1.82) is 0 Å². The Morgan fingerprint density at radius 3 is 2.76 bits per heavy atom. The van der Waals surface area contributed by atoms with Gasteiger partial charge in [-0.05, 0) is 69.3 Å². The Morgan fingerprint density at radius 2 is 2.14 bits per heavy atom. The van der Waals surface area contributed by atoms with Crippen LogP contribution in [0.2, 0.25) is 0 Å². The molecule has 1 aliphatic rings. The van der Waals surface area contributed by atoms with E-state index in [0.29, 0.717) is 12.0 Å². The van der Waals surface area contributed by atoms with Gasteiger partial charge in [0.05, 0.1) is 13.2 Å². The van der Waals surface area contributed by atoms with Crippen molar-refractivity contribution < 1.29 is 9.47 Å². The van der Waals surface area contributed by atoms with Crippen molar-refractivity contribution in [1.82, 2.24) is 5.32 Å². The molecular formula is C18H29NO2. The van der Waals surface area contributed by atoms with Gasteiger partial charge in [0.2, 0.25) is 0 Å². The number of methoxy groups -OCH3 is 1. The molecule has 3 nitrogen and oxygen atoms in total. The Labute approximate surface area is 129 Å². The molecular weight excluding hydrogens is 262 g/mol. The van der Waals surface area contributed by atoms with Crippen LogP contribution >= 0.6 is 0 Å². The molecule has 2 unspecified atom stereocenters. The van der Waals surface area contributed by atoms with E-state index in [4.69, 9.17) is 9.47 Å². The molecule has 1 fully saturated rings. The molecule has 1 N–H and O–H groups in total. The third-order valence-corrected chi connectivity index (χ3v) is 4.34. The third-order valence-electron chi connectivity index (χ3n) is 4.34. The number of rotatable bonds is 9. The summed E-state index contributed by atoms with van der Waals surface area (Å²) in [6.45, 7) is 2.05. The molecule has 1 aromatic rings. The van der Waals surface area contributed by atoms with Gasteiger partial charge in [0.1, 0.15) is 5.75 Å². The van der Waals surface area contributed by atoms with Crippen LogP contribution in [0.3, 0.4) is 0 Å². The van der Waals surface area contributed by atoms with Crippen molar-refractivity contribution in [3.05, 3.63) is 29.8 Å². The first-order valence-corrected chi connectivity index (χ1v) is 8.21. The predicted molar refractivity (Wildman–Crippen MR) is 86.9 cm³/mol. The summed E-state index contributed by atoms with van der Waals surface area (Å²) in [6, 6.07) is 8.47. The first kappa shape index (κ1) is 16.3. The SMILES string of the molecule is CNCC(CCCC1CCCO1)Cc1ccc(OC)cc1. The molecule has 1 aromatic carbocycles. The lowest BCUT2D eigenvalue weighted by Gasteiger charge is -2.18. The Morgan fingerprint density at radius 1 is 1.33 bits per heavy atom. The Bertz CT molecular complexity index is 385. The van der Waals surface area contributed by atoms with Crippen LogP contribution in [-0.2, 0) is 11.2 Å². The molecule has 1 aliphatic heterocycles. The summed E-state index contributed by atoms with van der Waals surface area (Å²) in [7, 11) is 3.75. The largest absolute Gasteiger partial charge is 0.497 e. The minimum Gasteiger partial charge on any atom is -0.497 e. The van der Waals surface area contributed by atoms with E-state index in [-0.39, 0.29) is 0 Å². The molecule has 0 saturated carbocycles. The summed E-state index contributed by atoms with van der Waals surface area (Å²) in [5.74, 6) is 1.63. The lowest BCUT2D eigenvalue weighted by atomic mass is 9.93. The Kier molecular flexibility index (Phi) is 7.04. The maximum absolute atomic E-state index is 5.71. The van der Waals surface area contributed by atoms with Crippen molar-refractivity contribution in [2.24, 2.45) is 5.92 Å². The molecule has 0 aromatic heterocycles. The zero-order valence-electron chi connectivity index (χ0n) is 13.4. The molecule has 0 bridgehead atoms. The molecule has 1 saturated heterocycles. The average molecular weight is 291 g/mol. The fraction of sp³-hybridized carbons (Fsp3) is 0.667. The minimum atomic E-state index is 0.529. The first-order valence-electron chi connectivity index (χ1n) is 8.21. The van der Waals surface area contributed by atoms with E-state index in [1.165, 1.54) is 37.7 Å². The second kappa shape index (κ2) is 9.06. The third kappa shape index (κ3) is 5.68. The fourth-order valence-electron chi connectivity index (χ4n) is 3.17. The fourth-order valence-corrected chi connectivity index (χ4v) is 3.17. The van der Waals surface area contributed by atoms with E-state index in [1.807, 2.05) is 7.05 Å². The van der Waals surface area contributed by atoms with E-state index < -0.39 is 0 Å². The van der Waals surface area contributed by atoms with Crippen molar-refractivity contribution in [3.63, 3.8) is 0 Å². The molecule has 0 radical (unpaired) electrons. The molecule has 0 spiro atoms. The van der Waals surface area contributed by atoms with E-state index in [2.05, 4.69) is 29.6 Å². The van der Waals surface area contributed by atoms with Crippen LogP contribution in [0, 0.1) is 5.92 Å². The van der Waals surface area contributed by atoms with Crippen molar-refractivity contribution in [3.8, 4) is 5.75 Å². The first-order chi connectivity index (χ1) is 10.3. The monoisotopic (exact) mass is 291 g/mol. The highest BCUT2D eigenvalue weighted by Crippen LogP contribution is 2.21. The van der Waals surface area contributed by atoms with Crippen molar-refractivity contribution >= 4 is 0 Å². The summed E-state index contributed by atoms with van der Waals surface area (Å²) in [6.07, 6.45) is 7.94. The molecule has 1 heterocycles. The van der Waals surface area contributed by atoms with Gasteiger partial charge >= 0.3 is 0 Å². The highest BCUT2D eigenvalue weighted by atomic mass is 16.5. The van der Waals surface area contributed by atoms with Gasteiger partial charge in [0.15, 0.2) is 0 Å². The van der Waals surface area contributed by atoms with Gasteiger partial charge in [-0.15, -0.1) is 0 Å². The van der Waals surface area contributed by atoms with Gasteiger partial charge in [-0.2, -0.15) is 0 Å². The molecule has 118 valence electrons. The van der Waals surface area contributed by atoms with Crippen LogP contribution in [0.25, 0.3) is 0 Å². The van der Waals surface area contributed by atoms with Gasteiger partial charge in [-0.3, -0.25) is 0 Å². The normalized spacial score (nSPS) is 19.6. The maximum Gasteiger partial charge on any atom is 0.118 e. The number of ether oxygens (including phenoxy) is 2. The van der Waals surface area contributed by atoms with Crippen molar-refractivity contribution in [2.45, 2.75) is 44.6 Å². The highest BCUT2D eigenvalue weighted by Gasteiger charge is 2.16. The molecule has 2 atom stereocenters. The second-order valence-corrected chi connectivity index (χ2v) is 6.04. The quantitative estimate of drug-likeness (QED) is 0.756. The standard InChI is InChI=1S/C18H29NO2/c1-19-14-16(5-3-6-18-7-4-12-21-18)13-15-8-10-17(20-2)11-9-15/h8-11,16,18-19H,3-7,12-14H2,1-2H3. The van der Waals surface area contributed by atoms with Crippen LogP contribution in [0.1, 0.15) is 37.7 Å². The van der Waals surface area contributed by atoms with Gasteiger partial charge in [0.25, 0.3) is 0 Å². The van der Waals surface area contributed by atoms with Crippen LogP contribution in [0.5, 0.6) is 5.75 Å². The Hall–Kier alpha value is -1.06. The van der Waals surface area contributed by atoms with E-state index in [0.717, 1.165) is 25.3 Å². The second-order valence-electron chi connectivity index (χ2n) is 6.04. The predicted octanol–water partition coefficient (Wildman–Crippen LogP) is 3.42. The van der Waals surface area contributed by atoms with Gasteiger partial charge < -0.3 is 14.8 Å². The van der Waals surface area contributed by atoms with Crippen molar-refractivity contribution in [2.75, 3.05) is 27.3 Å². The molecule has 0 aliphatic carbocycles. The lowest BCUT2D eigenvalue weighted by Crippen LogP contribution is -2.21. The van der Waals surface area contributed by atoms with Gasteiger partial charge in [-0.1, -0.05) is 18.6 Å².